The van der Waals surface area contributed by atoms with E-state index in [1.165, 1.54) is 0 Å². The number of hydrogen-bond donors (Lipinski definition) is 1. The zero-order valence-corrected chi connectivity index (χ0v) is 11.1. The van der Waals surface area contributed by atoms with Crippen LogP contribution in [0.3, 0.4) is 0 Å². The van der Waals surface area contributed by atoms with Crippen molar-refractivity contribution in [1.29, 1.82) is 0 Å². The van der Waals surface area contributed by atoms with Crippen LogP contribution in [-0.2, 0) is 9.47 Å². The summed E-state index contributed by atoms with van der Waals surface area (Å²) in [6.45, 7) is 10.5. The molecule has 1 atom stereocenters. The first kappa shape index (κ1) is 12.6. The Morgan fingerprint density at radius 2 is 2.12 bits per heavy atom. The maximum absolute atomic E-state index is 12.0. The van der Waals surface area contributed by atoms with E-state index in [4.69, 9.17) is 9.47 Å². The molecule has 5 nitrogen and oxygen atoms in total. The van der Waals surface area contributed by atoms with Crippen LogP contribution >= 0.6 is 0 Å². The molecule has 17 heavy (non-hydrogen) atoms. The molecule has 0 unspecified atom stereocenters. The predicted molar refractivity (Wildman–Crippen MR) is 64.0 cm³/mol. The highest BCUT2D eigenvalue weighted by Gasteiger charge is 2.46. The molecule has 0 aliphatic carbocycles. The van der Waals surface area contributed by atoms with Crippen LogP contribution in [0.5, 0.6) is 0 Å². The molecule has 5 heteroatoms. The molecule has 0 radical (unpaired) electrons. The largest absolute Gasteiger partial charge is 0.444 e. The Bertz CT molecular complexity index is 307. The molecule has 0 aromatic carbocycles. The third-order valence-corrected chi connectivity index (χ3v) is 2.95. The molecule has 2 heterocycles. The van der Waals surface area contributed by atoms with Crippen LogP contribution in [0.15, 0.2) is 0 Å². The molecule has 0 saturated carbocycles. The van der Waals surface area contributed by atoms with E-state index in [1.54, 1.807) is 4.90 Å². The normalized spacial score (nSPS) is 27.8. The lowest BCUT2D eigenvalue weighted by atomic mass is 9.92. The second kappa shape index (κ2) is 4.14. The van der Waals surface area contributed by atoms with Crippen molar-refractivity contribution in [1.82, 2.24) is 10.2 Å². The molecule has 1 spiro atoms. The van der Waals surface area contributed by atoms with Gasteiger partial charge in [0.05, 0.1) is 18.8 Å². The Morgan fingerprint density at radius 1 is 1.47 bits per heavy atom. The zero-order valence-electron chi connectivity index (χ0n) is 11.1. The smallest absolute Gasteiger partial charge is 0.410 e. The number of nitrogens with zero attached hydrogens (tertiary/aromatic N) is 1. The van der Waals surface area contributed by atoms with E-state index in [2.05, 4.69) is 12.2 Å². The molecule has 0 aromatic heterocycles. The third-order valence-electron chi connectivity index (χ3n) is 2.95. The summed E-state index contributed by atoms with van der Waals surface area (Å²) < 4.78 is 10.7. The lowest BCUT2D eigenvalue weighted by Crippen LogP contribution is -2.73. The summed E-state index contributed by atoms with van der Waals surface area (Å²) in [5.74, 6) is 0. The molecule has 2 rings (SSSR count). The summed E-state index contributed by atoms with van der Waals surface area (Å²) in [7, 11) is 0. The van der Waals surface area contributed by atoms with E-state index in [0.29, 0.717) is 26.3 Å². The van der Waals surface area contributed by atoms with Crippen LogP contribution in [0.2, 0.25) is 0 Å². The van der Waals surface area contributed by atoms with E-state index in [-0.39, 0.29) is 17.7 Å². The molecule has 2 saturated heterocycles. The van der Waals surface area contributed by atoms with E-state index in [9.17, 15) is 4.79 Å². The van der Waals surface area contributed by atoms with Gasteiger partial charge in [-0.15, -0.1) is 0 Å². The fraction of sp³-hybridized carbons (Fsp3) is 0.917. The molecular weight excluding hydrogens is 220 g/mol. The second-order valence-electron chi connectivity index (χ2n) is 6.18. The summed E-state index contributed by atoms with van der Waals surface area (Å²) >= 11 is 0. The van der Waals surface area contributed by atoms with Crippen molar-refractivity contribution in [3.05, 3.63) is 0 Å². The van der Waals surface area contributed by atoms with Gasteiger partial charge < -0.3 is 19.7 Å². The minimum Gasteiger partial charge on any atom is -0.444 e. The van der Waals surface area contributed by atoms with E-state index in [1.807, 2.05) is 20.8 Å². The van der Waals surface area contributed by atoms with Crippen LogP contribution in [0.4, 0.5) is 4.79 Å². The van der Waals surface area contributed by atoms with Crippen molar-refractivity contribution in [2.45, 2.75) is 44.9 Å². The highest BCUT2D eigenvalue weighted by Crippen LogP contribution is 2.24. The molecule has 2 fully saturated rings. The molecule has 1 amide bonds. The average Bonchev–Trinajstić information content (AvgIpc) is 2.11. The van der Waals surface area contributed by atoms with Crippen molar-refractivity contribution in [2.75, 3.05) is 26.3 Å². The summed E-state index contributed by atoms with van der Waals surface area (Å²) in [6, 6.07) is 0.278. The summed E-state index contributed by atoms with van der Waals surface area (Å²) in [6.07, 6.45) is -0.225. The number of rotatable bonds is 0. The number of piperazine rings is 1. The predicted octanol–water partition coefficient (Wildman–Crippen LogP) is 0.984. The van der Waals surface area contributed by atoms with Gasteiger partial charge >= 0.3 is 6.09 Å². The number of carbonyl (C=O) groups is 1. The summed E-state index contributed by atoms with van der Waals surface area (Å²) in [5, 5.41) is 3.50. The topological polar surface area (TPSA) is 50.8 Å². The number of nitrogens with one attached hydrogen (secondary N) is 1. The molecular formula is C12H22N2O3. The first-order valence-corrected chi connectivity index (χ1v) is 6.13. The van der Waals surface area contributed by atoms with E-state index < -0.39 is 5.60 Å². The number of ether oxygens (including phenoxy) is 2. The Hall–Kier alpha value is -0.810. The van der Waals surface area contributed by atoms with Crippen LogP contribution in [0.25, 0.3) is 0 Å². The first-order chi connectivity index (χ1) is 7.80. The Labute approximate surface area is 102 Å². The van der Waals surface area contributed by atoms with Crippen molar-refractivity contribution in [3.8, 4) is 0 Å². The van der Waals surface area contributed by atoms with Gasteiger partial charge in [-0.1, -0.05) is 0 Å². The van der Waals surface area contributed by atoms with Crippen molar-refractivity contribution in [3.63, 3.8) is 0 Å². The van der Waals surface area contributed by atoms with Gasteiger partial charge in [0.15, 0.2) is 0 Å². The molecule has 0 bridgehead atoms. The fourth-order valence-corrected chi connectivity index (χ4v) is 2.36. The van der Waals surface area contributed by atoms with Gasteiger partial charge in [-0.3, -0.25) is 0 Å². The van der Waals surface area contributed by atoms with E-state index >= 15 is 0 Å². The van der Waals surface area contributed by atoms with Gasteiger partial charge in [0.2, 0.25) is 0 Å². The molecule has 0 aromatic rings. The van der Waals surface area contributed by atoms with Crippen molar-refractivity contribution >= 4 is 6.09 Å². The van der Waals surface area contributed by atoms with Gasteiger partial charge in [0.1, 0.15) is 5.60 Å². The SMILES string of the molecule is C[C@@H]1CN(C(=O)OC(C)(C)C)CC2(COC2)N1. The minimum atomic E-state index is -0.436. The van der Waals surface area contributed by atoms with Crippen LogP contribution < -0.4 is 5.32 Å². The Balaban J connectivity index is 1.98. The molecule has 2 aliphatic heterocycles. The van der Waals surface area contributed by atoms with Gasteiger partial charge in [0, 0.05) is 19.1 Å². The number of carbonyl (C=O) groups excluding carboxylic acids is 1. The third kappa shape index (κ3) is 2.90. The first-order valence-electron chi connectivity index (χ1n) is 6.13. The van der Waals surface area contributed by atoms with Crippen LogP contribution in [0, 0.1) is 0 Å². The summed E-state index contributed by atoms with van der Waals surface area (Å²) in [5.41, 5.74) is -0.483. The van der Waals surface area contributed by atoms with Gasteiger partial charge in [0.25, 0.3) is 0 Å². The fourth-order valence-electron chi connectivity index (χ4n) is 2.36. The van der Waals surface area contributed by atoms with Gasteiger partial charge in [-0.05, 0) is 27.7 Å². The average molecular weight is 242 g/mol. The number of hydrogen-bond acceptors (Lipinski definition) is 4. The monoisotopic (exact) mass is 242 g/mol. The maximum Gasteiger partial charge on any atom is 0.410 e. The zero-order chi connectivity index (χ0) is 12.7. The van der Waals surface area contributed by atoms with Crippen LogP contribution in [-0.4, -0.2) is 54.5 Å². The maximum atomic E-state index is 12.0. The molecule has 1 N–H and O–H groups in total. The highest BCUT2D eigenvalue weighted by molar-refractivity contribution is 5.68. The number of amides is 1. The van der Waals surface area contributed by atoms with E-state index in [0.717, 1.165) is 0 Å². The quantitative estimate of drug-likeness (QED) is 0.688. The minimum absolute atomic E-state index is 0.0471. The molecule has 98 valence electrons. The van der Waals surface area contributed by atoms with Crippen LogP contribution in [0.1, 0.15) is 27.7 Å². The lowest BCUT2D eigenvalue weighted by Gasteiger charge is -2.50. The Kier molecular flexibility index (Phi) is 3.08. The van der Waals surface area contributed by atoms with Crippen molar-refractivity contribution < 1.29 is 14.3 Å². The van der Waals surface area contributed by atoms with Gasteiger partial charge in [-0.25, -0.2) is 4.79 Å². The van der Waals surface area contributed by atoms with Gasteiger partial charge in [-0.2, -0.15) is 0 Å². The Morgan fingerprint density at radius 3 is 2.59 bits per heavy atom. The lowest BCUT2D eigenvalue weighted by molar-refractivity contribution is -0.108. The molecule has 2 aliphatic rings. The highest BCUT2D eigenvalue weighted by atomic mass is 16.6. The standard InChI is InChI=1S/C12H22N2O3/c1-9-5-14(10(15)17-11(2,3)4)6-12(13-9)7-16-8-12/h9,13H,5-8H2,1-4H3/t9-/m1/s1. The summed E-state index contributed by atoms with van der Waals surface area (Å²) in [4.78, 5) is 13.8. The second-order valence-corrected chi connectivity index (χ2v) is 6.18. The van der Waals surface area contributed by atoms with Crippen molar-refractivity contribution in [2.24, 2.45) is 0 Å².